The number of anilines is 2. The molecule has 0 radical (unpaired) electrons. The summed E-state index contributed by atoms with van der Waals surface area (Å²) in [4.78, 5) is 71.7. The number of carbonyl (C=O) groups is 5. The minimum Gasteiger partial charge on any atom is -0.482 e. The van der Waals surface area contributed by atoms with Crippen molar-refractivity contribution in [2.45, 2.75) is 49.8 Å². The zero-order chi connectivity index (χ0) is 40.9. The molecule has 58 heavy (non-hydrogen) atoms. The molecule has 2 aromatic heterocycles. The Morgan fingerprint density at radius 2 is 1.84 bits per heavy atom. The van der Waals surface area contributed by atoms with E-state index in [9.17, 15) is 34.2 Å². The molecule has 5 atom stereocenters. The van der Waals surface area contributed by atoms with Gasteiger partial charge in [-0.25, -0.2) is 9.97 Å². The lowest BCUT2D eigenvalue weighted by Crippen LogP contribution is -2.54. The molecule has 5 amide bonds. The van der Waals surface area contributed by atoms with Crippen molar-refractivity contribution in [2.75, 3.05) is 57.2 Å². The van der Waals surface area contributed by atoms with E-state index in [1.807, 2.05) is 0 Å². The summed E-state index contributed by atoms with van der Waals surface area (Å²) in [6, 6.07) is 10.2. The molecule has 0 saturated carbocycles. The Morgan fingerprint density at radius 3 is 2.64 bits per heavy atom. The van der Waals surface area contributed by atoms with Gasteiger partial charge in [-0.05, 0) is 42.3 Å². The van der Waals surface area contributed by atoms with Crippen molar-refractivity contribution < 1.29 is 53.1 Å². The van der Waals surface area contributed by atoms with Crippen LogP contribution in [0.1, 0.15) is 57.9 Å². The first-order chi connectivity index (χ1) is 28.0. The number of aromatic nitrogens is 3. The Labute approximate surface area is 335 Å². The number of ether oxygens (including phenoxy) is 4. The van der Waals surface area contributed by atoms with Crippen molar-refractivity contribution in [1.82, 2.24) is 30.1 Å². The van der Waals surface area contributed by atoms with E-state index in [1.54, 1.807) is 35.0 Å². The predicted molar refractivity (Wildman–Crippen MR) is 205 cm³/mol. The molecule has 0 spiro atoms. The van der Waals surface area contributed by atoms with Gasteiger partial charge in [0.25, 0.3) is 17.7 Å². The number of hydrogen-bond acceptors (Lipinski definition) is 15. The van der Waals surface area contributed by atoms with Crippen LogP contribution in [0.25, 0.3) is 11.0 Å². The van der Waals surface area contributed by atoms with Gasteiger partial charge in [0.2, 0.25) is 11.8 Å². The quantitative estimate of drug-likeness (QED) is 0.0644. The lowest BCUT2D eigenvalue weighted by Gasteiger charge is -2.27. The van der Waals surface area contributed by atoms with E-state index in [1.165, 1.54) is 24.5 Å². The number of aliphatic hydroxyl groups is 2. The average Bonchev–Trinajstić information content (AvgIpc) is 3.89. The molecule has 7 rings (SSSR count). The number of aliphatic hydroxyl groups excluding tert-OH is 2. The number of hydrogen-bond donors (Lipinski definition) is 6. The molecular weight excluding hydrogens is 780 g/mol. The zero-order valence-corrected chi connectivity index (χ0v) is 31.7. The fraction of sp³-hybridized carbons (Fsp3) is 0.395. The smallest absolute Gasteiger partial charge is 0.264 e. The van der Waals surface area contributed by atoms with Crippen molar-refractivity contribution >= 4 is 63.7 Å². The van der Waals surface area contributed by atoms with E-state index >= 15 is 0 Å². The van der Waals surface area contributed by atoms with Gasteiger partial charge in [0.1, 0.15) is 41.8 Å². The monoisotopic (exact) mass is 820 g/mol. The third kappa shape index (κ3) is 8.59. The van der Waals surface area contributed by atoms with Gasteiger partial charge in [-0.15, -0.1) is 0 Å². The predicted octanol–water partition coefficient (Wildman–Crippen LogP) is 1.09. The highest BCUT2D eigenvalue weighted by Gasteiger charge is 2.45. The molecule has 5 heterocycles. The van der Waals surface area contributed by atoms with Crippen LogP contribution < -0.4 is 26.4 Å². The summed E-state index contributed by atoms with van der Waals surface area (Å²) >= 11 is 6.32. The second kappa shape index (κ2) is 17.8. The van der Waals surface area contributed by atoms with E-state index in [4.69, 9.17) is 36.3 Å². The van der Waals surface area contributed by atoms with Crippen molar-refractivity contribution in [3.8, 4) is 5.75 Å². The molecule has 306 valence electrons. The van der Waals surface area contributed by atoms with Crippen LogP contribution >= 0.6 is 11.6 Å². The van der Waals surface area contributed by atoms with Crippen molar-refractivity contribution in [1.29, 1.82) is 0 Å². The summed E-state index contributed by atoms with van der Waals surface area (Å²) in [7, 11) is 0. The highest BCUT2D eigenvalue weighted by Crippen LogP contribution is 2.39. The Bertz CT molecular complexity index is 2220. The normalized spacial score (nSPS) is 21.0. The zero-order valence-electron chi connectivity index (χ0n) is 31.0. The fourth-order valence-electron chi connectivity index (χ4n) is 7.06. The number of nitrogens with zero attached hydrogens (tertiary/aromatic N) is 4. The second-order valence-corrected chi connectivity index (χ2v) is 14.1. The molecule has 20 heteroatoms. The van der Waals surface area contributed by atoms with Crippen LogP contribution in [-0.4, -0.2) is 124 Å². The highest BCUT2D eigenvalue weighted by atomic mass is 35.5. The Hall–Kier alpha value is -5.70. The standard InChI is InChI=1S/C38H41ClN8O11/c39-23-5-4-20(32(51)28-17-26(48)38(58-28)46-11-8-22-33(40)43-19-44-34(22)46)16-27(23)57-18-30(50)42-10-13-56-15-14-55-12-9-41-24-3-1-2-21-31(24)37(54)47(36(21)53)25-6-7-29(49)45-35(25)52/h1-5,8,11,16,19,25-26,28,32,38,41,48,51H,6-7,9-10,12-15,17-18H2,(H,42,50)(H2,40,43,44)(H,45,49,52)/t25?,26-,28+,32-,38-/m1/s1. The first-order valence-electron chi connectivity index (χ1n) is 18.5. The molecule has 2 saturated heterocycles. The number of piperidine rings is 1. The molecule has 2 aromatic carbocycles. The molecule has 3 aliphatic rings. The van der Waals surface area contributed by atoms with E-state index in [0.29, 0.717) is 34.6 Å². The number of nitrogen functional groups attached to an aromatic ring is 1. The molecule has 1 unspecified atom stereocenters. The van der Waals surface area contributed by atoms with Crippen molar-refractivity contribution in [3.05, 3.63) is 76.7 Å². The summed E-state index contributed by atoms with van der Waals surface area (Å²) in [5, 5.41) is 30.8. The minimum atomic E-state index is -1.14. The van der Waals surface area contributed by atoms with Crippen LogP contribution in [0.2, 0.25) is 5.02 Å². The topological polar surface area (TPSA) is 259 Å². The highest BCUT2D eigenvalue weighted by molar-refractivity contribution is 6.32. The van der Waals surface area contributed by atoms with Crippen LogP contribution in [0, 0.1) is 0 Å². The van der Waals surface area contributed by atoms with Crippen LogP contribution in [-0.2, 0) is 28.6 Å². The number of benzene rings is 2. The van der Waals surface area contributed by atoms with Crippen LogP contribution in [0.5, 0.6) is 5.75 Å². The first-order valence-corrected chi connectivity index (χ1v) is 18.9. The number of rotatable bonds is 17. The number of imide groups is 2. The Kier molecular flexibility index (Phi) is 12.5. The maximum atomic E-state index is 13.2. The maximum Gasteiger partial charge on any atom is 0.264 e. The fourth-order valence-corrected chi connectivity index (χ4v) is 7.23. The molecule has 0 bridgehead atoms. The second-order valence-electron chi connectivity index (χ2n) is 13.7. The summed E-state index contributed by atoms with van der Waals surface area (Å²) < 4.78 is 24.5. The van der Waals surface area contributed by atoms with E-state index in [-0.39, 0.29) is 80.7 Å². The summed E-state index contributed by atoms with van der Waals surface area (Å²) in [6.45, 7) is 1.14. The van der Waals surface area contributed by atoms with Gasteiger partial charge >= 0.3 is 0 Å². The van der Waals surface area contributed by atoms with E-state index in [2.05, 4.69) is 25.9 Å². The van der Waals surface area contributed by atoms with Crippen molar-refractivity contribution in [3.63, 3.8) is 0 Å². The molecule has 4 aromatic rings. The Morgan fingerprint density at radius 1 is 1.05 bits per heavy atom. The lowest BCUT2D eigenvalue weighted by atomic mass is 10.0. The molecule has 0 aliphatic carbocycles. The molecule has 19 nitrogen and oxygen atoms in total. The lowest BCUT2D eigenvalue weighted by molar-refractivity contribution is -0.136. The van der Waals surface area contributed by atoms with Crippen LogP contribution in [0.3, 0.4) is 0 Å². The first kappa shape index (κ1) is 40.5. The van der Waals surface area contributed by atoms with Gasteiger partial charge in [0, 0.05) is 37.8 Å². The molecule has 7 N–H and O–H groups in total. The summed E-state index contributed by atoms with van der Waals surface area (Å²) in [5.41, 5.74) is 7.62. The van der Waals surface area contributed by atoms with Crippen LogP contribution in [0.4, 0.5) is 11.5 Å². The average molecular weight is 821 g/mol. The van der Waals surface area contributed by atoms with Gasteiger partial charge < -0.3 is 50.1 Å². The van der Waals surface area contributed by atoms with Gasteiger partial charge in [-0.2, -0.15) is 0 Å². The van der Waals surface area contributed by atoms with Gasteiger partial charge in [0.05, 0.1) is 54.1 Å². The molecule has 2 fully saturated rings. The number of nitrogens with two attached hydrogens (primary N) is 1. The van der Waals surface area contributed by atoms with Crippen molar-refractivity contribution in [2.24, 2.45) is 0 Å². The minimum absolute atomic E-state index is 0.0369. The SMILES string of the molecule is Nc1ncnc2c1ccn2[C@@H]1O[C@H]([C@H](O)c2ccc(Cl)c(OCC(=O)NCCOCCOCCNc3cccc4c3C(=O)N(C3CCC(=O)NC3=O)C4=O)c2)C[C@H]1O. The largest absolute Gasteiger partial charge is 0.482 e. The number of amides is 5. The number of halogens is 1. The third-order valence-corrected chi connectivity index (χ3v) is 10.2. The van der Waals surface area contributed by atoms with Gasteiger partial charge in [-0.1, -0.05) is 23.7 Å². The third-order valence-electron chi connectivity index (χ3n) is 9.91. The summed E-state index contributed by atoms with van der Waals surface area (Å²) in [6.07, 6.45) is -0.404. The summed E-state index contributed by atoms with van der Waals surface area (Å²) in [5.74, 6) is -2.24. The number of nitrogens with one attached hydrogen (secondary N) is 3. The maximum absolute atomic E-state index is 13.2. The van der Waals surface area contributed by atoms with Gasteiger partial charge in [0.15, 0.2) is 12.8 Å². The molecular formula is C38H41ClN8O11. The van der Waals surface area contributed by atoms with E-state index < -0.39 is 60.1 Å². The van der Waals surface area contributed by atoms with Crippen LogP contribution in [0.15, 0.2) is 55.0 Å². The number of fused-ring (bicyclic) bond motifs is 2. The molecule has 3 aliphatic heterocycles. The Balaban J connectivity index is 0.780. The van der Waals surface area contributed by atoms with Gasteiger partial charge in [-0.3, -0.25) is 34.2 Å². The number of carbonyl (C=O) groups excluding carboxylic acids is 5. The van der Waals surface area contributed by atoms with E-state index in [0.717, 1.165) is 4.90 Å².